The van der Waals surface area contributed by atoms with Crippen LogP contribution in [0.25, 0.3) is 0 Å². The third kappa shape index (κ3) is 5.57. The fourth-order valence-corrected chi connectivity index (χ4v) is 3.33. The second-order valence-corrected chi connectivity index (χ2v) is 7.46. The molecule has 0 radical (unpaired) electrons. The van der Waals surface area contributed by atoms with Gasteiger partial charge in [-0.1, -0.05) is 40.9 Å². The third-order valence-electron chi connectivity index (χ3n) is 4.54. The number of hydrogen-bond donors (Lipinski definition) is 1. The van der Waals surface area contributed by atoms with Crippen molar-refractivity contribution in [1.82, 2.24) is 4.90 Å². The minimum absolute atomic E-state index is 0.0278. The van der Waals surface area contributed by atoms with Gasteiger partial charge in [0.25, 0.3) is 11.8 Å². The highest BCUT2D eigenvalue weighted by molar-refractivity contribution is 9.10. The number of carbonyl (C=O) groups is 2. The Hall–Kier alpha value is -2.34. The fraction of sp³-hybridized carbons (Fsp3) is 0.333. The maximum absolute atomic E-state index is 12.6. The van der Waals surface area contributed by atoms with Gasteiger partial charge in [-0.05, 0) is 49.2 Å². The molecule has 1 heterocycles. The van der Waals surface area contributed by atoms with Crippen molar-refractivity contribution in [1.29, 1.82) is 0 Å². The number of ether oxygens (including phenoxy) is 1. The molecule has 0 unspecified atom stereocenters. The summed E-state index contributed by atoms with van der Waals surface area (Å²) in [4.78, 5) is 26.9. The summed E-state index contributed by atoms with van der Waals surface area (Å²) in [6.07, 6.45) is 4.42. The van der Waals surface area contributed by atoms with Crippen molar-refractivity contribution >= 4 is 33.4 Å². The smallest absolute Gasteiger partial charge is 0.260 e. The van der Waals surface area contributed by atoms with Gasteiger partial charge in [0.2, 0.25) is 0 Å². The molecule has 1 saturated heterocycles. The summed E-state index contributed by atoms with van der Waals surface area (Å²) in [7, 11) is 0. The second kappa shape index (κ2) is 9.55. The summed E-state index contributed by atoms with van der Waals surface area (Å²) < 4.78 is 6.65. The van der Waals surface area contributed by atoms with E-state index < -0.39 is 0 Å². The highest BCUT2D eigenvalue weighted by Gasteiger charge is 2.18. The van der Waals surface area contributed by atoms with Gasteiger partial charge in [-0.25, -0.2) is 0 Å². The lowest BCUT2D eigenvalue weighted by Gasteiger charge is -2.20. The zero-order chi connectivity index (χ0) is 19.1. The van der Waals surface area contributed by atoms with Crippen LogP contribution >= 0.6 is 15.9 Å². The van der Waals surface area contributed by atoms with Crippen LogP contribution < -0.4 is 10.1 Å². The molecule has 0 spiro atoms. The molecule has 2 aromatic rings. The SMILES string of the molecule is O=C(Nc1ccc(Br)cc1)c1ccccc1OCC(=O)N1CCCCCC1. The molecule has 142 valence electrons. The lowest BCUT2D eigenvalue weighted by atomic mass is 10.2. The number of amides is 2. The molecule has 1 fully saturated rings. The van der Waals surface area contributed by atoms with Gasteiger partial charge < -0.3 is 15.0 Å². The number of hydrogen-bond acceptors (Lipinski definition) is 3. The molecule has 1 N–H and O–H groups in total. The molecule has 0 aliphatic carbocycles. The Kier molecular flexibility index (Phi) is 6.87. The van der Waals surface area contributed by atoms with Crippen LogP contribution in [0.1, 0.15) is 36.0 Å². The van der Waals surface area contributed by atoms with Crippen LogP contribution in [0.4, 0.5) is 5.69 Å². The fourth-order valence-electron chi connectivity index (χ4n) is 3.06. The molecule has 0 aromatic heterocycles. The molecule has 0 bridgehead atoms. The van der Waals surface area contributed by atoms with E-state index in [1.807, 2.05) is 29.2 Å². The van der Waals surface area contributed by atoms with Gasteiger partial charge in [0.15, 0.2) is 6.61 Å². The Bertz CT molecular complexity index is 784. The van der Waals surface area contributed by atoms with Crippen molar-refractivity contribution in [3.05, 3.63) is 58.6 Å². The Morgan fingerprint density at radius 3 is 2.33 bits per heavy atom. The van der Waals surface area contributed by atoms with E-state index in [1.165, 1.54) is 12.8 Å². The standard InChI is InChI=1S/C21H23BrN2O3/c22-16-9-11-17(12-10-16)23-21(26)18-7-3-4-8-19(18)27-15-20(25)24-13-5-1-2-6-14-24/h3-4,7-12H,1-2,5-6,13-15H2,(H,23,26). The Labute approximate surface area is 167 Å². The minimum atomic E-state index is -0.268. The van der Waals surface area contributed by atoms with Crippen molar-refractivity contribution in [3.63, 3.8) is 0 Å². The van der Waals surface area contributed by atoms with E-state index in [9.17, 15) is 9.59 Å². The maximum atomic E-state index is 12.6. The first kappa shape index (κ1) is 19.4. The van der Waals surface area contributed by atoms with E-state index in [-0.39, 0.29) is 18.4 Å². The maximum Gasteiger partial charge on any atom is 0.260 e. The Morgan fingerprint density at radius 2 is 1.63 bits per heavy atom. The lowest BCUT2D eigenvalue weighted by molar-refractivity contribution is -0.133. The first-order valence-electron chi connectivity index (χ1n) is 9.20. The number of rotatable bonds is 5. The molecular formula is C21H23BrN2O3. The highest BCUT2D eigenvalue weighted by Crippen LogP contribution is 2.21. The molecule has 1 aliphatic heterocycles. The van der Waals surface area contributed by atoms with Crippen LogP contribution in [0.5, 0.6) is 5.75 Å². The van der Waals surface area contributed by atoms with Crippen molar-refractivity contribution in [2.45, 2.75) is 25.7 Å². The Balaban J connectivity index is 1.63. The van der Waals surface area contributed by atoms with Gasteiger partial charge in [0.1, 0.15) is 5.75 Å². The predicted octanol–water partition coefficient (Wildman–Crippen LogP) is 4.48. The van der Waals surface area contributed by atoms with Crippen LogP contribution in [0, 0.1) is 0 Å². The average Bonchev–Trinajstić information content (AvgIpc) is 2.97. The summed E-state index contributed by atoms with van der Waals surface area (Å²) in [5, 5.41) is 2.85. The van der Waals surface area contributed by atoms with E-state index in [0.29, 0.717) is 17.0 Å². The molecule has 5 nitrogen and oxygen atoms in total. The average molecular weight is 431 g/mol. The van der Waals surface area contributed by atoms with Crippen molar-refractivity contribution in [3.8, 4) is 5.75 Å². The number of likely N-dealkylation sites (tertiary alicyclic amines) is 1. The van der Waals surface area contributed by atoms with E-state index >= 15 is 0 Å². The normalized spacial score (nSPS) is 14.3. The zero-order valence-electron chi connectivity index (χ0n) is 15.1. The van der Waals surface area contributed by atoms with Crippen molar-refractivity contribution in [2.24, 2.45) is 0 Å². The van der Waals surface area contributed by atoms with Gasteiger partial charge in [-0.3, -0.25) is 9.59 Å². The summed E-state index contributed by atoms with van der Waals surface area (Å²) in [5.74, 6) is 0.116. The van der Waals surface area contributed by atoms with E-state index in [4.69, 9.17) is 4.74 Å². The van der Waals surface area contributed by atoms with Crippen LogP contribution in [-0.4, -0.2) is 36.4 Å². The number of para-hydroxylation sites is 1. The van der Waals surface area contributed by atoms with Crippen LogP contribution in [0.2, 0.25) is 0 Å². The molecule has 6 heteroatoms. The quantitative estimate of drug-likeness (QED) is 0.760. The molecular weight excluding hydrogens is 408 g/mol. The first-order valence-corrected chi connectivity index (χ1v) is 9.99. The molecule has 27 heavy (non-hydrogen) atoms. The molecule has 0 atom stereocenters. The summed E-state index contributed by atoms with van der Waals surface area (Å²) in [6, 6.07) is 14.3. The van der Waals surface area contributed by atoms with E-state index in [0.717, 1.165) is 30.4 Å². The number of nitrogens with one attached hydrogen (secondary N) is 1. The topological polar surface area (TPSA) is 58.6 Å². The van der Waals surface area contributed by atoms with Gasteiger partial charge in [0, 0.05) is 23.2 Å². The number of anilines is 1. The number of benzene rings is 2. The number of halogens is 1. The third-order valence-corrected chi connectivity index (χ3v) is 5.07. The van der Waals surface area contributed by atoms with Gasteiger partial charge >= 0.3 is 0 Å². The molecule has 2 amide bonds. The molecule has 0 saturated carbocycles. The largest absolute Gasteiger partial charge is 0.483 e. The lowest BCUT2D eigenvalue weighted by Crippen LogP contribution is -2.35. The van der Waals surface area contributed by atoms with E-state index in [1.54, 1.807) is 24.3 Å². The molecule has 3 rings (SSSR count). The van der Waals surface area contributed by atoms with Crippen LogP contribution in [-0.2, 0) is 4.79 Å². The van der Waals surface area contributed by atoms with Crippen LogP contribution in [0.3, 0.4) is 0 Å². The zero-order valence-corrected chi connectivity index (χ0v) is 16.7. The van der Waals surface area contributed by atoms with Crippen molar-refractivity contribution in [2.75, 3.05) is 25.0 Å². The summed E-state index contributed by atoms with van der Waals surface area (Å²) >= 11 is 3.37. The number of nitrogens with zero attached hydrogens (tertiary/aromatic N) is 1. The monoisotopic (exact) mass is 430 g/mol. The minimum Gasteiger partial charge on any atom is -0.483 e. The number of carbonyl (C=O) groups excluding carboxylic acids is 2. The summed E-state index contributed by atoms with van der Waals surface area (Å²) in [5.41, 5.74) is 1.10. The van der Waals surface area contributed by atoms with Gasteiger partial charge in [0.05, 0.1) is 5.56 Å². The van der Waals surface area contributed by atoms with Crippen molar-refractivity contribution < 1.29 is 14.3 Å². The van der Waals surface area contributed by atoms with Gasteiger partial charge in [-0.2, -0.15) is 0 Å². The van der Waals surface area contributed by atoms with Gasteiger partial charge in [-0.15, -0.1) is 0 Å². The highest BCUT2D eigenvalue weighted by atomic mass is 79.9. The first-order chi connectivity index (χ1) is 13.1. The van der Waals surface area contributed by atoms with E-state index in [2.05, 4.69) is 21.2 Å². The second-order valence-electron chi connectivity index (χ2n) is 6.54. The Morgan fingerprint density at radius 1 is 0.963 bits per heavy atom. The van der Waals surface area contributed by atoms with Crippen LogP contribution in [0.15, 0.2) is 53.0 Å². The molecule has 1 aliphatic rings. The molecule has 2 aromatic carbocycles. The summed E-state index contributed by atoms with van der Waals surface area (Å²) in [6.45, 7) is 1.52. The predicted molar refractivity (Wildman–Crippen MR) is 109 cm³/mol.